The van der Waals surface area contributed by atoms with Crippen molar-refractivity contribution in [3.05, 3.63) is 65.5 Å². The van der Waals surface area contributed by atoms with Crippen molar-refractivity contribution in [1.82, 2.24) is 5.32 Å². The van der Waals surface area contributed by atoms with E-state index in [0.717, 1.165) is 5.56 Å². The van der Waals surface area contributed by atoms with Gasteiger partial charge in [-0.15, -0.1) is 0 Å². The topological polar surface area (TPSA) is 47.6 Å². The summed E-state index contributed by atoms with van der Waals surface area (Å²) < 4.78 is 23.8. The third-order valence-electron chi connectivity index (χ3n) is 3.27. The summed E-state index contributed by atoms with van der Waals surface area (Å²) in [6.45, 7) is 2.69. The molecule has 5 heteroatoms. The van der Waals surface area contributed by atoms with Crippen molar-refractivity contribution in [2.75, 3.05) is 13.7 Å². The molecule has 0 aliphatic carbocycles. The van der Waals surface area contributed by atoms with Crippen LogP contribution in [0.5, 0.6) is 11.5 Å². The minimum atomic E-state index is -0.320. The monoisotopic (exact) mass is 329 g/mol. The predicted molar refractivity (Wildman–Crippen MR) is 91.4 cm³/mol. The van der Waals surface area contributed by atoms with Gasteiger partial charge in [-0.2, -0.15) is 0 Å². The highest BCUT2D eigenvalue weighted by Gasteiger charge is 2.04. The highest BCUT2D eigenvalue weighted by atomic mass is 19.1. The second-order valence-corrected chi connectivity index (χ2v) is 5.02. The van der Waals surface area contributed by atoms with Crippen LogP contribution in [0.4, 0.5) is 4.39 Å². The smallest absolute Gasteiger partial charge is 0.244 e. The van der Waals surface area contributed by atoms with Crippen molar-refractivity contribution in [1.29, 1.82) is 0 Å². The van der Waals surface area contributed by atoms with Crippen LogP contribution in [0.25, 0.3) is 6.08 Å². The summed E-state index contributed by atoms with van der Waals surface area (Å²) >= 11 is 0. The zero-order valence-corrected chi connectivity index (χ0v) is 13.7. The zero-order chi connectivity index (χ0) is 17.4. The average Bonchev–Trinajstić information content (AvgIpc) is 2.59. The van der Waals surface area contributed by atoms with Gasteiger partial charge in [0, 0.05) is 12.6 Å². The van der Waals surface area contributed by atoms with Gasteiger partial charge >= 0.3 is 0 Å². The molecular weight excluding hydrogens is 309 g/mol. The Kier molecular flexibility index (Phi) is 6.37. The van der Waals surface area contributed by atoms with Gasteiger partial charge < -0.3 is 14.8 Å². The van der Waals surface area contributed by atoms with Crippen molar-refractivity contribution in [3.63, 3.8) is 0 Å². The highest BCUT2D eigenvalue weighted by Crippen LogP contribution is 2.28. The second-order valence-electron chi connectivity index (χ2n) is 5.02. The molecule has 0 fully saturated rings. The molecule has 2 aromatic rings. The quantitative estimate of drug-likeness (QED) is 0.790. The Balaban J connectivity index is 1.97. The number of carbonyl (C=O) groups is 1. The first kappa shape index (κ1) is 17.5. The van der Waals surface area contributed by atoms with Crippen LogP contribution >= 0.6 is 0 Å². The Bertz CT molecular complexity index is 728. The third kappa shape index (κ3) is 5.12. The first-order valence-corrected chi connectivity index (χ1v) is 7.63. The molecule has 0 aromatic heterocycles. The van der Waals surface area contributed by atoms with E-state index in [-0.39, 0.29) is 18.3 Å². The molecule has 0 radical (unpaired) electrons. The van der Waals surface area contributed by atoms with Crippen molar-refractivity contribution < 1.29 is 18.7 Å². The number of methoxy groups -OCH3 is 1. The van der Waals surface area contributed by atoms with E-state index in [1.807, 2.05) is 13.0 Å². The van der Waals surface area contributed by atoms with Crippen LogP contribution in [0.1, 0.15) is 18.1 Å². The van der Waals surface area contributed by atoms with Crippen LogP contribution in [0.3, 0.4) is 0 Å². The molecule has 0 spiro atoms. The maximum atomic E-state index is 13.1. The van der Waals surface area contributed by atoms with Crippen molar-refractivity contribution in [2.45, 2.75) is 13.5 Å². The molecular formula is C19H20FNO3. The molecule has 2 rings (SSSR count). The third-order valence-corrected chi connectivity index (χ3v) is 3.27. The van der Waals surface area contributed by atoms with E-state index >= 15 is 0 Å². The number of rotatable bonds is 7. The molecule has 126 valence electrons. The lowest BCUT2D eigenvalue weighted by Crippen LogP contribution is -2.20. The number of benzene rings is 2. The normalized spacial score (nSPS) is 10.6. The Labute approximate surface area is 140 Å². The van der Waals surface area contributed by atoms with Crippen LogP contribution in [-0.2, 0) is 11.3 Å². The van der Waals surface area contributed by atoms with Gasteiger partial charge in [-0.05, 0) is 48.4 Å². The van der Waals surface area contributed by atoms with E-state index in [0.29, 0.717) is 23.7 Å². The van der Waals surface area contributed by atoms with Gasteiger partial charge in [0.15, 0.2) is 11.5 Å². The Hall–Kier alpha value is -2.82. The molecule has 0 saturated heterocycles. The number of halogens is 1. The number of ether oxygens (including phenoxy) is 2. The van der Waals surface area contributed by atoms with Crippen LogP contribution in [-0.4, -0.2) is 19.6 Å². The second kappa shape index (κ2) is 8.72. The standard InChI is InChI=1S/C19H20FNO3/c1-3-24-18-12-14(7-9-17(18)23-2)8-10-19(22)21-13-15-5-4-6-16(20)11-15/h4-12H,3,13H2,1-2H3,(H,21,22)/b10-8+. The zero-order valence-electron chi connectivity index (χ0n) is 13.7. The van der Waals surface area contributed by atoms with Crippen LogP contribution in [0, 0.1) is 5.82 Å². The maximum Gasteiger partial charge on any atom is 0.244 e. The van der Waals surface area contributed by atoms with Crippen LogP contribution in [0.2, 0.25) is 0 Å². The number of nitrogens with one attached hydrogen (secondary N) is 1. The summed E-state index contributed by atoms with van der Waals surface area (Å²) in [5.41, 5.74) is 1.53. The van der Waals surface area contributed by atoms with Gasteiger partial charge in [0.2, 0.25) is 5.91 Å². The average molecular weight is 329 g/mol. The minimum Gasteiger partial charge on any atom is -0.493 e. The SMILES string of the molecule is CCOc1cc(/C=C/C(=O)NCc2cccc(F)c2)ccc1OC. The Morgan fingerprint density at radius 3 is 2.75 bits per heavy atom. The van der Waals surface area contributed by atoms with Gasteiger partial charge in [-0.1, -0.05) is 18.2 Å². The molecule has 2 aromatic carbocycles. The van der Waals surface area contributed by atoms with E-state index in [1.165, 1.54) is 18.2 Å². The highest BCUT2D eigenvalue weighted by molar-refractivity contribution is 5.91. The molecule has 0 unspecified atom stereocenters. The summed E-state index contributed by atoms with van der Waals surface area (Å²) in [5.74, 6) is 0.693. The lowest BCUT2D eigenvalue weighted by atomic mass is 10.2. The summed E-state index contributed by atoms with van der Waals surface area (Å²) in [4.78, 5) is 11.9. The summed E-state index contributed by atoms with van der Waals surface area (Å²) in [6, 6.07) is 11.5. The Morgan fingerprint density at radius 2 is 2.04 bits per heavy atom. The van der Waals surface area contributed by atoms with Gasteiger partial charge in [0.25, 0.3) is 0 Å². The van der Waals surface area contributed by atoms with Crippen molar-refractivity contribution in [2.24, 2.45) is 0 Å². The van der Waals surface area contributed by atoms with E-state index in [2.05, 4.69) is 5.32 Å². The van der Waals surface area contributed by atoms with Crippen LogP contribution in [0.15, 0.2) is 48.5 Å². The van der Waals surface area contributed by atoms with Gasteiger partial charge in [-0.3, -0.25) is 4.79 Å². The van der Waals surface area contributed by atoms with Gasteiger partial charge in [0.1, 0.15) is 5.82 Å². The van der Waals surface area contributed by atoms with Crippen molar-refractivity contribution >= 4 is 12.0 Å². The molecule has 0 saturated carbocycles. The maximum absolute atomic E-state index is 13.1. The lowest BCUT2D eigenvalue weighted by Gasteiger charge is -2.09. The molecule has 0 bridgehead atoms. The molecule has 24 heavy (non-hydrogen) atoms. The van der Waals surface area contributed by atoms with Crippen LogP contribution < -0.4 is 14.8 Å². The summed E-state index contributed by atoms with van der Waals surface area (Å²) in [6.07, 6.45) is 3.11. The van der Waals surface area contributed by atoms with Crippen molar-refractivity contribution in [3.8, 4) is 11.5 Å². The van der Waals surface area contributed by atoms with E-state index < -0.39 is 0 Å². The Morgan fingerprint density at radius 1 is 1.21 bits per heavy atom. The van der Waals surface area contributed by atoms with E-state index in [9.17, 15) is 9.18 Å². The molecule has 1 N–H and O–H groups in total. The molecule has 0 aliphatic heterocycles. The molecule has 1 amide bonds. The lowest BCUT2D eigenvalue weighted by molar-refractivity contribution is -0.116. The van der Waals surface area contributed by atoms with E-state index in [4.69, 9.17) is 9.47 Å². The summed E-state index contributed by atoms with van der Waals surface area (Å²) in [5, 5.41) is 2.71. The molecule has 4 nitrogen and oxygen atoms in total. The first-order valence-electron chi connectivity index (χ1n) is 7.63. The number of carbonyl (C=O) groups excluding carboxylic acids is 1. The summed E-state index contributed by atoms with van der Waals surface area (Å²) in [7, 11) is 1.58. The fourth-order valence-electron chi connectivity index (χ4n) is 2.13. The van der Waals surface area contributed by atoms with Gasteiger partial charge in [0.05, 0.1) is 13.7 Å². The van der Waals surface area contributed by atoms with E-state index in [1.54, 1.807) is 37.5 Å². The largest absolute Gasteiger partial charge is 0.493 e. The number of hydrogen-bond acceptors (Lipinski definition) is 3. The number of amides is 1. The predicted octanol–water partition coefficient (Wildman–Crippen LogP) is 3.56. The number of hydrogen-bond donors (Lipinski definition) is 1. The molecule has 0 aliphatic rings. The minimum absolute atomic E-state index is 0.256. The fourth-order valence-corrected chi connectivity index (χ4v) is 2.13. The fraction of sp³-hybridized carbons (Fsp3) is 0.211. The van der Waals surface area contributed by atoms with Gasteiger partial charge in [-0.25, -0.2) is 4.39 Å². The first-order chi connectivity index (χ1) is 11.6. The molecule has 0 atom stereocenters. The molecule has 0 heterocycles.